The molecule has 0 atom stereocenters. The molecule has 0 aliphatic carbocycles. The molecule has 2 aromatic rings. The molecular weight excluding hydrogens is 274 g/mol. The molecule has 0 saturated heterocycles. The van der Waals surface area contributed by atoms with Crippen LogP contribution in [0.3, 0.4) is 0 Å². The van der Waals surface area contributed by atoms with Crippen LogP contribution in [0.5, 0.6) is 0 Å². The fourth-order valence-corrected chi connectivity index (χ4v) is 2.44. The Bertz CT molecular complexity index is 621. The largest absolute Gasteiger partial charge is 0.385 e. The number of aryl methyl sites for hydroxylation is 2. The maximum Gasteiger partial charge on any atom is 0.272 e. The van der Waals surface area contributed by atoms with Crippen LogP contribution < -0.4 is 10.6 Å². The maximum absolute atomic E-state index is 12.1. The summed E-state index contributed by atoms with van der Waals surface area (Å²) in [6, 6.07) is 9.72. The van der Waals surface area contributed by atoms with Gasteiger partial charge < -0.3 is 15.2 Å². The number of benzene rings is 1. The standard InChI is InChI=1S/C15H17N3O.ClH/c1-18-9-3-5-14(18)15(19)17-12-6-7-13-11(10-12)4-2-8-16-13;/h3,5-7,9-10,16H,2,4,8H2,1H3,(H,17,19);1H. The third-order valence-electron chi connectivity index (χ3n) is 3.48. The topological polar surface area (TPSA) is 46.1 Å². The monoisotopic (exact) mass is 291 g/mol. The van der Waals surface area contributed by atoms with Gasteiger partial charge in [-0.25, -0.2) is 0 Å². The lowest BCUT2D eigenvalue weighted by Crippen LogP contribution is -2.16. The molecule has 0 fully saturated rings. The highest BCUT2D eigenvalue weighted by atomic mass is 35.5. The fourth-order valence-electron chi connectivity index (χ4n) is 2.44. The number of carbonyl (C=O) groups excluding carboxylic acids is 1. The average Bonchev–Trinajstić information content (AvgIpc) is 2.85. The van der Waals surface area contributed by atoms with Crippen LogP contribution in [0.25, 0.3) is 0 Å². The first-order valence-electron chi connectivity index (χ1n) is 6.53. The van der Waals surface area contributed by atoms with Crippen LogP contribution in [0.4, 0.5) is 11.4 Å². The van der Waals surface area contributed by atoms with Crippen molar-refractivity contribution in [1.82, 2.24) is 4.57 Å². The van der Waals surface area contributed by atoms with Gasteiger partial charge in [0.2, 0.25) is 0 Å². The minimum Gasteiger partial charge on any atom is -0.385 e. The zero-order valence-corrected chi connectivity index (χ0v) is 12.2. The normalized spacial score (nSPS) is 12.8. The van der Waals surface area contributed by atoms with Crippen LogP contribution in [-0.4, -0.2) is 17.0 Å². The lowest BCUT2D eigenvalue weighted by Gasteiger charge is -2.18. The first-order valence-corrected chi connectivity index (χ1v) is 6.53. The van der Waals surface area contributed by atoms with Crippen LogP contribution in [0, 0.1) is 0 Å². The number of halogens is 1. The van der Waals surface area contributed by atoms with Gasteiger partial charge in [-0.1, -0.05) is 0 Å². The summed E-state index contributed by atoms with van der Waals surface area (Å²) in [6.45, 7) is 1.03. The van der Waals surface area contributed by atoms with Crippen molar-refractivity contribution in [1.29, 1.82) is 0 Å². The highest BCUT2D eigenvalue weighted by Crippen LogP contribution is 2.25. The lowest BCUT2D eigenvalue weighted by atomic mass is 10.0. The number of hydrogen-bond acceptors (Lipinski definition) is 2. The molecule has 1 aliphatic heterocycles. The molecule has 1 aliphatic rings. The highest BCUT2D eigenvalue weighted by molar-refractivity contribution is 6.03. The Labute approximate surface area is 124 Å². The van der Waals surface area contributed by atoms with E-state index in [2.05, 4.69) is 16.7 Å². The zero-order valence-electron chi connectivity index (χ0n) is 11.3. The van der Waals surface area contributed by atoms with Crippen LogP contribution in [0.2, 0.25) is 0 Å². The molecule has 2 N–H and O–H groups in total. The molecule has 1 amide bonds. The first kappa shape index (κ1) is 14.5. The maximum atomic E-state index is 12.1. The summed E-state index contributed by atoms with van der Waals surface area (Å²) in [5.41, 5.74) is 3.98. The molecule has 5 heteroatoms. The third-order valence-corrected chi connectivity index (χ3v) is 3.48. The number of carbonyl (C=O) groups is 1. The molecular formula is C15H18ClN3O. The molecule has 0 radical (unpaired) electrons. The minimum absolute atomic E-state index is 0. The molecule has 0 saturated carbocycles. The minimum atomic E-state index is -0.0729. The number of fused-ring (bicyclic) bond motifs is 1. The summed E-state index contributed by atoms with van der Waals surface area (Å²) >= 11 is 0. The molecule has 1 aromatic carbocycles. The van der Waals surface area contributed by atoms with Crippen molar-refractivity contribution < 1.29 is 4.79 Å². The zero-order chi connectivity index (χ0) is 13.2. The van der Waals surface area contributed by atoms with Gasteiger partial charge in [-0.05, 0) is 48.7 Å². The summed E-state index contributed by atoms with van der Waals surface area (Å²) in [5.74, 6) is -0.0729. The summed E-state index contributed by atoms with van der Waals surface area (Å²) in [4.78, 5) is 12.1. The highest BCUT2D eigenvalue weighted by Gasteiger charge is 2.12. The van der Waals surface area contributed by atoms with E-state index < -0.39 is 0 Å². The van der Waals surface area contributed by atoms with E-state index in [-0.39, 0.29) is 18.3 Å². The molecule has 0 bridgehead atoms. The van der Waals surface area contributed by atoms with E-state index in [9.17, 15) is 4.79 Å². The number of nitrogens with one attached hydrogen (secondary N) is 2. The molecule has 106 valence electrons. The van der Waals surface area contributed by atoms with E-state index in [1.807, 2.05) is 42.1 Å². The number of amides is 1. The number of rotatable bonds is 2. The Morgan fingerprint density at radius 1 is 1.35 bits per heavy atom. The number of hydrogen-bond donors (Lipinski definition) is 2. The SMILES string of the molecule is Cl.Cn1cccc1C(=O)Nc1ccc2c(c1)CCCN2. The van der Waals surface area contributed by atoms with Crippen LogP contribution >= 0.6 is 12.4 Å². The second-order valence-electron chi connectivity index (χ2n) is 4.86. The van der Waals surface area contributed by atoms with Gasteiger partial charge >= 0.3 is 0 Å². The number of nitrogens with zero attached hydrogens (tertiary/aromatic N) is 1. The van der Waals surface area contributed by atoms with E-state index in [4.69, 9.17) is 0 Å². The lowest BCUT2D eigenvalue weighted by molar-refractivity contribution is 0.101. The predicted molar refractivity (Wildman–Crippen MR) is 83.9 cm³/mol. The first-order chi connectivity index (χ1) is 9.24. The van der Waals surface area contributed by atoms with E-state index >= 15 is 0 Å². The van der Waals surface area contributed by atoms with E-state index in [0.717, 1.165) is 25.1 Å². The Morgan fingerprint density at radius 3 is 2.95 bits per heavy atom. The van der Waals surface area contributed by atoms with Gasteiger partial charge in [0.1, 0.15) is 5.69 Å². The van der Waals surface area contributed by atoms with Crippen molar-refractivity contribution in [3.63, 3.8) is 0 Å². The Hall–Kier alpha value is -1.94. The van der Waals surface area contributed by atoms with E-state index in [0.29, 0.717) is 5.69 Å². The van der Waals surface area contributed by atoms with Crippen molar-refractivity contribution in [2.24, 2.45) is 7.05 Å². The summed E-state index contributed by atoms with van der Waals surface area (Å²) in [7, 11) is 1.87. The van der Waals surface area contributed by atoms with Gasteiger partial charge in [0.15, 0.2) is 0 Å². The average molecular weight is 292 g/mol. The summed E-state index contributed by atoms with van der Waals surface area (Å²) in [6.07, 6.45) is 4.07. The van der Waals surface area contributed by atoms with Gasteiger partial charge in [-0.15, -0.1) is 12.4 Å². The second kappa shape index (κ2) is 6.01. The van der Waals surface area contributed by atoms with Gasteiger partial charge in [0.05, 0.1) is 0 Å². The van der Waals surface area contributed by atoms with Gasteiger partial charge in [0, 0.05) is 31.2 Å². The van der Waals surface area contributed by atoms with Crippen molar-refractivity contribution in [3.05, 3.63) is 47.8 Å². The third kappa shape index (κ3) is 2.80. The molecule has 2 heterocycles. The van der Waals surface area contributed by atoms with Crippen molar-refractivity contribution in [3.8, 4) is 0 Å². The van der Waals surface area contributed by atoms with E-state index in [1.54, 1.807) is 0 Å². The van der Waals surface area contributed by atoms with Crippen molar-refractivity contribution >= 4 is 29.7 Å². The van der Waals surface area contributed by atoms with Crippen LogP contribution in [0.1, 0.15) is 22.5 Å². The predicted octanol–water partition coefficient (Wildman–Crippen LogP) is 3.06. The second-order valence-corrected chi connectivity index (χ2v) is 4.86. The smallest absolute Gasteiger partial charge is 0.272 e. The quantitative estimate of drug-likeness (QED) is 0.893. The Morgan fingerprint density at radius 2 is 2.20 bits per heavy atom. The molecule has 3 rings (SSSR count). The van der Waals surface area contributed by atoms with Gasteiger partial charge in [0.25, 0.3) is 5.91 Å². The fraction of sp³-hybridized carbons (Fsp3) is 0.267. The molecule has 1 aromatic heterocycles. The van der Waals surface area contributed by atoms with E-state index in [1.165, 1.54) is 11.3 Å². The molecule has 0 spiro atoms. The molecule has 4 nitrogen and oxygen atoms in total. The summed E-state index contributed by atoms with van der Waals surface area (Å²) in [5, 5.41) is 6.31. The Kier molecular flexibility index (Phi) is 4.35. The summed E-state index contributed by atoms with van der Waals surface area (Å²) < 4.78 is 1.81. The van der Waals surface area contributed by atoms with Gasteiger partial charge in [-0.3, -0.25) is 4.79 Å². The Balaban J connectivity index is 0.00000147. The van der Waals surface area contributed by atoms with Crippen molar-refractivity contribution in [2.45, 2.75) is 12.8 Å². The molecule has 0 unspecified atom stereocenters. The van der Waals surface area contributed by atoms with Crippen LogP contribution in [-0.2, 0) is 13.5 Å². The van der Waals surface area contributed by atoms with Crippen LogP contribution in [0.15, 0.2) is 36.5 Å². The number of anilines is 2. The van der Waals surface area contributed by atoms with Gasteiger partial charge in [-0.2, -0.15) is 0 Å². The number of aromatic nitrogens is 1. The van der Waals surface area contributed by atoms with Crippen molar-refractivity contribution in [2.75, 3.05) is 17.2 Å². The molecule has 20 heavy (non-hydrogen) atoms.